The lowest BCUT2D eigenvalue weighted by atomic mass is 9.66. The fourth-order valence-electron chi connectivity index (χ4n) is 8.52. The number of methoxy groups -OCH3 is 1. The maximum Gasteiger partial charge on any atom is 0.259 e. The van der Waals surface area contributed by atoms with E-state index in [-0.39, 0.29) is 58.4 Å². The van der Waals surface area contributed by atoms with Gasteiger partial charge in [0.1, 0.15) is 5.56 Å². The Morgan fingerprint density at radius 1 is 1.07 bits per heavy atom. The molecule has 5 heterocycles. The van der Waals surface area contributed by atoms with Gasteiger partial charge in [0.25, 0.3) is 5.91 Å². The van der Waals surface area contributed by atoms with Crippen molar-refractivity contribution in [2.75, 3.05) is 52.1 Å². The maximum atomic E-state index is 13.9. The van der Waals surface area contributed by atoms with Gasteiger partial charge < -0.3 is 26.0 Å². The number of carbonyl (C=O) groups excluding carboxylic acids is 2. The first-order valence-electron chi connectivity index (χ1n) is 16.7. The highest BCUT2D eigenvalue weighted by Crippen LogP contribution is 2.43. The van der Waals surface area contributed by atoms with Gasteiger partial charge in [-0.05, 0) is 45.2 Å². The Hall–Kier alpha value is -2.83. The summed E-state index contributed by atoms with van der Waals surface area (Å²) in [4.78, 5) is 36.0. The summed E-state index contributed by atoms with van der Waals surface area (Å²) in [7, 11) is 1.72. The molecule has 11 nitrogen and oxygen atoms in total. The molecule has 0 aromatic carbocycles. The minimum atomic E-state index is -0.549. The van der Waals surface area contributed by atoms with Crippen molar-refractivity contribution in [3.05, 3.63) is 23.8 Å². The zero-order chi connectivity index (χ0) is 30.7. The molecule has 0 radical (unpaired) electrons. The quantitative estimate of drug-likeness (QED) is 0.470. The summed E-state index contributed by atoms with van der Waals surface area (Å²) in [5, 5.41) is 11.2. The predicted octanol–water partition coefficient (Wildman–Crippen LogP) is 2.99. The number of hydrogen-bond donors (Lipinski definition) is 3. The number of nitrogen functional groups attached to an aromatic ring is 1. The highest BCUT2D eigenvalue weighted by atomic mass is 19.1. The number of hydrogen-bond acceptors (Lipinski definition) is 8. The number of nitrogens with zero attached hydrogens (tertiary/aromatic N) is 5. The molecule has 2 aromatic rings. The first-order valence-corrected chi connectivity index (χ1v) is 16.7. The van der Waals surface area contributed by atoms with E-state index in [0.717, 1.165) is 64.5 Å². The van der Waals surface area contributed by atoms with Gasteiger partial charge in [0, 0.05) is 50.7 Å². The van der Waals surface area contributed by atoms with Gasteiger partial charge in [0.2, 0.25) is 5.91 Å². The lowest BCUT2D eigenvalue weighted by Crippen LogP contribution is -2.69. The summed E-state index contributed by atoms with van der Waals surface area (Å²) in [5.74, 6) is -0.558. The van der Waals surface area contributed by atoms with Crippen LogP contribution in [0.5, 0.6) is 0 Å². The second-order valence-corrected chi connectivity index (χ2v) is 13.5. The lowest BCUT2D eigenvalue weighted by Gasteiger charge is -2.55. The standard InChI is InChI=1S/C32H49FN8O3/c1-44-24-11-16-40(20-24)31(43)22-9-14-39(15-10-22)27-25(18-35-21-32(27)12-7-5-3-2-4-6-8-13-32)37-30(42)26-28(34)38-41-19-23(33)17-36-29(26)41/h17,19,22,24-25,27,35H,2-16,18,20-21H2,1H3,(H2,34,38)(H,37,42)/t24-,25?,27?/m1/s1. The molecule has 4 aliphatic rings. The first-order chi connectivity index (χ1) is 21.4. The molecular weight excluding hydrogens is 563 g/mol. The van der Waals surface area contributed by atoms with E-state index in [1.807, 2.05) is 4.90 Å². The Kier molecular flexibility index (Phi) is 9.68. The Labute approximate surface area is 259 Å². The van der Waals surface area contributed by atoms with Crippen LogP contribution in [0, 0.1) is 17.2 Å². The highest BCUT2D eigenvalue weighted by Gasteiger charge is 2.49. The number of fused-ring (bicyclic) bond motifs is 1. The number of anilines is 1. The molecule has 4 fully saturated rings. The van der Waals surface area contributed by atoms with Crippen molar-refractivity contribution in [3.63, 3.8) is 0 Å². The number of piperidine rings is 2. The molecular formula is C32H49FN8O3. The molecule has 3 aliphatic heterocycles. The van der Waals surface area contributed by atoms with Crippen LogP contribution < -0.4 is 16.4 Å². The summed E-state index contributed by atoms with van der Waals surface area (Å²) in [6, 6.07) is -0.0383. The van der Waals surface area contributed by atoms with Gasteiger partial charge in [-0.15, -0.1) is 5.10 Å². The number of nitrogens with one attached hydrogen (secondary N) is 2. The van der Waals surface area contributed by atoms with Gasteiger partial charge in [-0.1, -0.05) is 44.9 Å². The highest BCUT2D eigenvalue weighted by molar-refractivity contribution is 6.04. The number of ether oxygens (including phenoxy) is 1. The third-order valence-corrected chi connectivity index (χ3v) is 10.8. The van der Waals surface area contributed by atoms with Crippen LogP contribution in [0.4, 0.5) is 10.2 Å². The molecule has 2 aromatic heterocycles. The SMILES string of the molecule is CO[C@@H]1CCN(C(=O)C2CCN(C3C(NC(=O)c4c(N)nn5cc(F)cnc45)CNCC34CCCCCCCCC4)CC2)C1. The summed E-state index contributed by atoms with van der Waals surface area (Å²) in [6.07, 6.45) is 15.9. The summed E-state index contributed by atoms with van der Waals surface area (Å²) in [6.45, 7) is 4.69. The number of carbonyl (C=O) groups is 2. The molecule has 242 valence electrons. The predicted molar refractivity (Wildman–Crippen MR) is 166 cm³/mol. The Morgan fingerprint density at radius 3 is 2.45 bits per heavy atom. The van der Waals surface area contributed by atoms with Crippen molar-refractivity contribution in [2.24, 2.45) is 11.3 Å². The van der Waals surface area contributed by atoms with E-state index in [1.54, 1.807) is 7.11 Å². The molecule has 0 bridgehead atoms. The van der Waals surface area contributed by atoms with Gasteiger partial charge in [0.15, 0.2) is 17.3 Å². The molecule has 2 amide bonds. The van der Waals surface area contributed by atoms with Crippen molar-refractivity contribution in [2.45, 2.75) is 95.2 Å². The molecule has 2 unspecified atom stereocenters. The van der Waals surface area contributed by atoms with Gasteiger partial charge in [-0.25, -0.2) is 13.9 Å². The number of aromatic nitrogens is 3. The van der Waals surface area contributed by atoms with Gasteiger partial charge in [0.05, 0.1) is 24.5 Å². The Balaban J connectivity index is 1.24. The smallest absolute Gasteiger partial charge is 0.259 e. The average Bonchev–Trinajstić information content (AvgIpc) is 3.64. The minimum Gasteiger partial charge on any atom is -0.381 e. The van der Waals surface area contributed by atoms with E-state index in [9.17, 15) is 14.0 Å². The van der Waals surface area contributed by atoms with Crippen LogP contribution in [0.25, 0.3) is 5.65 Å². The normalized spacial score (nSPS) is 27.5. The summed E-state index contributed by atoms with van der Waals surface area (Å²) in [5.41, 5.74) is 6.62. The molecule has 4 N–H and O–H groups in total. The molecule has 6 rings (SSSR count). The van der Waals surface area contributed by atoms with E-state index in [4.69, 9.17) is 10.5 Å². The van der Waals surface area contributed by atoms with E-state index in [0.29, 0.717) is 13.1 Å². The molecule has 1 saturated carbocycles. The molecule has 44 heavy (non-hydrogen) atoms. The van der Waals surface area contributed by atoms with E-state index >= 15 is 0 Å². The van der Waals surface area contributed by atoms with E-state index < -0.39 is 5.82 Å². The van der Waals surface area contributed by atoms with Crippen molar-refractivity contribution in [1.82, 2.24) is 35.0 Å². The second-order valence-electron chi connectivity index (χ2n) is 13.5. The van der Waals surface area contributed by atoms with Gasteiger partial charge in [-0.2, -0.15) is 0 Å². The van der Waals surface area contributed by atoms with Crippen molar-refractivity contribution < 1.29 is 18.7 Å². The van der Waals surface area contributed by atoms with E-state index in [2.05, 4.69) is 25.6 Å². The lowest BCUT2D eigenvalue weighted by molar-refractivity contribution is -0.137. The topological polar surface area (TPSA) is 130 Å². The van der Waals surface area contributed by atoms with Crippen molar-refractivity contribution >= 4 is 23.3 Å². The van der Waals surface area contributed by atoms with Crippen LogP contribution in [0.2, 0.25) is 0 Å². The summed E-state index contributed by atoms with van der Waals surface area (Å²) >= 11 is 0. The van der Waals surface area contributed by atoms with Crippen molar-refractivity contribution in [1.29, 1.82) is 0 Å². The molecule has 1 aliphatic carbocycles. The minimum absolute atomic E-state index is 0.0129. The zero-order valence-electron chi connectivity index (χ0n) is 26.1. The average molecular weight is 613 g/mol. The fraction of sp³-hybridized carbons (Fsp3) is 0.750. The third-order valence-electron chi connectivity index (χ3n) is 10.8. The van der Waals surface area contributed by atoms with Crippen LogP contribution in [0.15, 0.2) is 12.4 Å². The first kappa shape index (κ1) is 31.2. The van der Waals surface area contributed by atoms with Crippen LogP contribution in [-0.4, -0.2) is 101 Å². The monoisotopic (exact) mass is 612 g/mol. The van der Waals surface area contributed by atoms with Crippen LogP contribution >= 0.6 is 0 Å². The second kappa shape index (κ2) is 13.7. The van der Waals surface area contributed by atoms with Crippen LogP contribution in [0.3, 0.4) is 0 Å². The van der Waals surface area contributed by atoms with Crippen LogP contribution in [-0.2, 0) is 9.53 Å². The number of rotatable bonds is 5. The molecule has 1 spiro atoms. The Morgan fingerprint density at radius 2 is 1.77 bits per heavy atom. The third kappa shape index (κ3) is 6.44. The van der Waals surface area contributed by atoms with Gasteiger partial charge in [-0.3, -0.25) is 14.5 Å². The van der Waals surface area contributed by atoms with E-state index in [1.165, 1.54) is 55.7 Å². The number of amides is 2. The number of likely N-dealkylation sites (tertiary alicyclic amines) is 2. The largest absolute Gasteiger partial charge is 0.381 e. The fourth-order valence-corrected chi connectivity index (χ4v) is 8.52. The zero-order valence-corrected chi connectivity index (χ0v) is 26.1. The Bertz CT molecular complexity index is 1300. The number of nitrogens with two attached hydrogens (primary N) is 1. The molecule has 3 atom stereocenters. The molecule has 3 saturated heterocycles. The van der Waals surface area contributed by atoms with Crippen molar-refractivity contribution in [3.8, 4) is 0 Å². The number of halogens is 1. The molecule has 12 heteroatoms. The maximum absolute atomic E-state index is 13.9. The summed E-state index contributed by atoms with van der Waals surface area (Å²) < 4.78 is 20.6. The van der Waals surface area contributed by atoms with Gasteiger partial charge >= 0.3 is 0 Å². The van der Waals surface area contributed by atoms with Crippen LogP contribution in [0.1, 0.15) is 87.4 Å².